The second-order valence-corrected chi connectivity index (χ2v) is 7.14. The van der Waals surface area contributed by atoms with E-state index in [4.69, 9.17) is 4.52 Å². The molecule has 160 valence electrons. The van der Waals surface area contributed by atoms with Gasteiger partial charge in [-0.1, -0.05) is 17.0 Å². The molecule has 0 radical (unpaired) electrons. The molecule has 4 aromatic rings. The highest BCUT2D eigenvalue weighted by Crippen LogP contribution is 2.22. The number of carbonyl (C=O) groups excluding carboxylic acids is 1. The number of nitrogens with one attached hydrogen (secondary N) is 1. The first-order valence-corrected chi connectivity index (χ1v) is 10.0. The Labute approximate surface area is 184 Å². The van der Waals surface area contributed by atoms with Crippen molar-refractivity contribution in [3.8, 4) is 23.2 Å². The van der Waals surface area contributed by atoms with E-state index in [2.05, 4.69) is 32.3 Å². The van der Waals surface area contributed by atoms with Gasteiger partial charge in [0.15, 0.2) is 5.76 Å². The quantitative estimate of drug-likeness (QED) is 0.347. The summed E-state index contributed by atoms with van der Waals surface area (Å²) in [5.41, 5.74) is 4.06. The van der Waals surface area contributed by atoms with Crippen LogP contribution in [0.4, 0.5) is 0 Å². The third-order valence-corrected chi connectivity index (χ3v) is 4.72. The van der Waals surface area contributed by atoms with Gasteiger partial charge in [-0.15, -0.1) is 0 Å². The molecule has 0 aliphatic heterocycles. The largest absolute Gasteiger partial charge is 0.385 e. The van der Waals surface area contributed by atoms with E-state index in [-0.39, 0.29) is 0 Å². The van der Waals surface area contributed by atoms with Gasteiger partial charge < -0.3 is 19.5 Å². The Kier molecular flexibility index (Phi) is 6.39. The fraction of sp³-hybridized carbons (Fsp3) is 0.167. The Bertz CT molecular complexity index is 1250. The minimum atomic E-state index is -0.654. The van der Waals surface area contributed by atoms with Crippen molar-refractivity contribution >= 4 is 6.41 Å². The van der Waals surface area contributed by atoms with Gasteiger partial charge in [-0.3, -0.25) is 9.78 Å². The molecular weight excluding hydrogens is 406 g/mol. The van der Waals surface area contributed by atoms with Crippen LogP contribution in [0.25, 0.3) is 11.3 Å². The van der Waals surface area contributed by atoms with Crippen molar-refractivity contribution in [2.45, 2.75) is 26.1 Å². The maximum atomic E-state index is 10.3. The summed E-state index contributed by atoms with van der Waals surface area (Å²) < 4.78 is 7.33. The maximum absolute atomic E-state index is 10.3. The third-order valence-electron chi connectivity index (χ3n) is 4.72. The lowest BCUT2D eigenvalue weighted by molar-refractivity contribution is -0.109. The zero-order valence-corrected chi connectivity index (χ0v) is 17.4. The van der Waals surface area contributed by atoms with Crippen molar-refractivity contribution in [3.05, 3.63) is 89.4 Å². The Hall–Kier alpha value is -4.22. The zero-order valence-electron chi connectivity index (χ0n) is 17.4. The topological polar surface area (TPSA) is 106 Å². The standard InChI is InChI=1S/C24H21N5O3/c1-17(31)24-26-10-11-29(24)15-22-12-23(32-28-22)20-7-4-18(5-8-20)2-3-19-6-9-21(27-13-19)14-25-16-30/h4-13,16-17,31H,14-15H2,1H3,(H,25,30)/t17-/m0/s1. The number of aromatic nitrogens is 4. The summed E-state index contributed by atoms with van der Waals surface area (Å²) in [5.74, 6) is 7.43. The van der Waals surface area contributed by atoms with Crippen molar-refractivity contribution in [2.75, 3.05) is 0 Å². The molecule has 0 aliphatic carbocycles. The maximum Gasteiger partial charge on any atom is 0.207 e. The van der Waals surface area contributed by atoms with E-state index in [0.717, 1.165) is 28.1 Å². The molecule has 1 atom stereocenters. The minimum Gasteiger partial charge on any atom is -0.385 e. The van der Waals surface area contributed by atoms with Gasteiger partial charge in [-0.25, -0.2) is 4.98 Å². The fourth-order valence-corrected chi connectivity index (χ4v) is 3.13. The van der Waals surface area contributed by atoms with Crippen LogP contribution in [-0.2, 0) is 17.9 Å². The van der Waals surface area contributed by atoms with E-state index in [9.17, 15) is 9.90 Å². The number of hydrogen-bond acceptors (Lipinski definition) is 6. The predicted octanol–water partition coefficient (Wildman–Crippen LogP) is 2.68. The van der Waals surface area contributed by atoms with Crippen molar-refractivity contribution in [1.29, 1.82) is 0 Å². The second-order valence-electron chi connectivity index (χ2n) is 7.14. The van der Waals surface area contributed by atoms with Crippen LogP contribution in [-0.4, -0.2) is 31.2 Å². The van der Waals surface area contributed by atoms with E-state index >= 15 is 0 Å². The van der Waals surface area contributed by atoms with Gasteiger partial charge in [0.2, 0.25) is 6.41 Å². The summed E-state index contributed by atoms with van der Waals surface area (Å²) in [5, 5.41) is 16.5. The molecule has 2 N–H and O–H groups in total. The van der Waals surface area contributed by atoms with Crippen molar-refractivity contribution in [2.24, 2.45) is 0 Å². The number of aliphatic hydroxyl groups is 1. The fourth-order valence-electron chi connectivity index (χ4n) is 3.13. The third kappa shape index (κ3) is 5.09. The number of rotatable bonds is 7. The van der Waals surface area contributed by atoms with Crippen LogP contribution in [0.2, 0.25) is 0 Å². The van der Waals surface area contributed by atoms with Crippen LogP contribution in [0.15, 0.2) is 65.6 Å². The lowest BCUT2D eigenvalue weighted by Crippen LogP contribution is -2.10. The molecule has 3 aromatic heterocycles. The number of aliphatic hydroxyl groups excluding tert-OH is 1. The molecule has 0 saturated carbocycles. The van der Waals surface area contributed by atoms with Crippen LogP contribution in [0, 0.1) is 11.8 Å². The highest BCUT2D eigenvalue weighted by molar-refractivity contribution is 5.59. The first-order chi connectivity index (χ1) is 15.6. The van der Waals surface area contributed by atoms with Gasteiger partial charge in [0.1, 0.15) is 17.6 Å². The van der Waals surface area contributed by atoms with Gasteiger partial charge in [-0.05, 0) is 43.3 Å². The number of imidazole rings is 1. The van der Waals surface area contributed by atoms with Gasteiger partial charge in [0.05, 0.1) is 18.8 Å². The van der Waals surface area contributed by atoms with Gasteiger partial charge >= 0.3 is 0 Å². The minimum absolute atomic E-state index is 0.395. The smallest absolute Gasteiger partial charge is 0.207 e. The molecule has 8 heteroatoms. The van der Waals surface area contributed by atoms with Crippen LogP contribution < -0.4 is 5.32 Å². The van der Waals surface area contributed by atoms with E-state index < -0.39 is 6.10 Å². The Morgan fingerprint density at radius 3 is 2.62 bits per heavy atom. The van der Waals surface area contributed by atoms with Crippen LogP contribution in [0.1, 0.15) is 41.4 Å². The highest BCUT2D eigenvalue weighted by atomic mass is 16.5. The molecule has 1 aromatic carbocycles. The molecular formula is C24H21N5O3. The predicted molar refractivity (Wildman–Crippen MR) is 117 cm³/mol. The van der Waals surface area contributed by atoms with Gasteiger partial charge in [0, 0.05) is 41.3 Å². The highest BCUT2D eigenvalue weighted by Gasteiger charge is 2.12. The van der Waals surface area contributed by atoms with Gasteiger partial charge in [0.25, 0.3) is 0 Å². The van der Waals surface area contributed by atoms with Crippen LogP contribution in [0.3, 0.4) is 0 Å². The summed E-state index contributed by atoms with van der Waals surface area (Å²) >= 11 is 0. The second kappa shape index (κ2) is 9.73. The number of carbonyl (C=O) groups is 1. The first kappa shape index (κ1) is 21.0. The molecule has 4 rings (SSSR count). The molecule has 0 bridgehead atoms. The van der Waals surface area contributed by atoms with E-state index in [0.29, 0.717) is 31.1 Å². The van der Waals surface area contributed by atoms with Crippen LogP contribution in [0.5, 0.6) is 0 Å². The van der Waals surface area contributed by atoms with E-state index in [1.54, 1.807) is 25.5 Å². The normalized spacial score (nSPS) is 11.4. The van der Waals surface area contributed by atoms with Gasteiger partial charge in [-0.2, -0.15) is 0 Å². The molecule has 32 heavy (non-hydrogen) atoms. The molecule has 0 fully saturated rings. The number of amides is 1. The summed E-state index contributed by atoms with van der Waals surface area (Å²) in [6.07, 6.45) is 5.12. The van der Waals surface area contributed by atoms with Crippen LogP contribution >= 0.6 is 0 Å². The summed E-state index contributed by atoms with van der Waals surface area (Å²) in [6.45, 7) is 2.54. The average molecular weight is 427 g/mol. The molecule has 3 heterocycles. The Morgan fingerprint density at radius 1 is 1.12 bits per heavy atom. The summed E-state index contributed by atoms with van der Waals surface area (Å²) in [7, 11) is 0. The summed E-state index contributed by atoms with van der Waals surface area (Å²) in [4.78, 5) is 18.8. The molecule has 8 nitrogen and oxygen atoms in total. The number of nitrogens with zero attached hydrogens (tertiary/aromatic N) is 4. The Morgan fingerprint density at radius 2 is 1.91 bits per heavy atom. The lowest BCUT2D eigenvalue weighted by atomic mass is 10.1. The number of pyridine rings is 1. The molecule has 1 amide bonds. The zero-order chi connectivity index (χ0) is 22.3. The van der Waals surface area contributed by atoms with E-state index in [1.165, 1.54) is 0 Å². The molecule has 0 unspecified atom stereocenters. The van der Waals surface area contributed by atoms with Crippen molar-refractivity contribution < 1.29 is 14.4 Å². The summed E-state index contributed by atoms with van der Waals surface area (Å²) in [6, 6.07) is 13.3. The van der Waals surface area contributed by atoms with E-state index in [1.807, 2.05) is 47.0 Å². The molecule has 0 saturated heterocycles. The van der Waals surface area contributed by atoms with Crippen molar-refractivity contribution in [1.82, 2.24) is 25.0 Å². The first-order valence-electron chi connectivity index (χ1n) is 10.0. The lowest BCUT2D eigenvalue weighted by Gasteiger charge is -2.07. The number of hydrogen-bond donors (Lipinski definition) is 2. The molecule has 0 spiro atoms. The van der Waals surface area contributed by atoms with Crippen molar-refractivity contribution in [3.63, 3.8) is 0 Å². The molecule has 0 aliphatic rings. The average Bonchev–Trinajstić information content (AvgIpc) is 3.47. The monoisotopic (exact) mass is 427 g/mol. The Balaban J connectivity index is 1.42. The number of benzene rings is 1. The SMILES string of the molecule is C[C@H](O)c1nccn1Cc1cc(-c2ccc(C#Cc3ccc(CNC=O)nc3)cc2)on1.